The predicted octanol–water partition coefficient (Wildman–Crippen LogP) is 0.736. The summed E-state index contributed by atoms with van der Waals surface area (Å²) in [4.78, 5) is 35.3. The van der Waals surface area contributed by atoms with E-state index in [0.29, 0.717) is 45.0 Å². The number of anilines is 1. The average Bonchev–Trinajstić information content (AvgIpc) is 2.74. The van der Waals surface area contributed by atoms with Crippen LogP contribution in [-0.2, 0) is 11.2 Å². The summed E-state index contributed by atoms with van der Waals surface area (Å²) in [5, 5.41) is 2.86. The van der Waals surface area contributed by atoms with Gasteiger partial charge in [-0.05, 0) is 24.1 Å². The van der Waals surface area contributed by atoms with Gasteiger partial charge in [-0.3, -0.25) is 9.59 Å². The Morgan fingerprint density at radius 1 is 1.22 bits per heavy atom. The molecule has 1 N–H and O–H groups in total. The van der Waals surface area contributed by atoms with Crippen molar-refractivity contribution in [3.05, 3.63) is 47.9 Å². The molecule has 3 rings (SSSR count). The number of nitrogens with one attached hydrogen (secondary N) is 1. The molecule has 1 fully saturated rings. The van der Waals surface area contributed by atoms with Crippen LogP contribution in [0.2, 0.25) is 0 Å². The van der Waals surface area contributed by atoms with Crippen molar-refractivity contribution < 1.29 is 14.3 Å². The van der Waals surface area contributed by atoms with Gasteiger partial charge in [-0.2, -0.15) is 0 Å². The van der Waals surface area contributed by atoms with Gasteiger partial charge in [0.1, 0.15) is 17.3 Å². The molecular formula is C19H23N5O3. The van der Waals surface area contributed by atoms with Crippen molar-refractivity contribution in [2.75, 3.05) is 44.7 Å². The third kappa shape index (κ3) is 4.93. The number of rotatable bonds is 7. The molecule has 0 spiro atoms. The molecule has 0 saturated carbocycles. The van der Waals surface area contributed by atoms with Gasteiger partial charge in [0.25, 0.3) is 5.91 Å². The van der Waals surface area contributed by atoms with E-state index >= 15 is 0 Å². The predicted molar refractivity (Wildman–Crippen MR) is 101 cm³/mol. The van der Waals surface area contributed by atoms with Crippen molar-refractivity contribution in [2.45, 2.75) is 6.42 Å². The first-order valence-electron chi connectivity index (χ1n) is 8.87. The number of piperazine rings is 1. The summed E-state index contributed by atoms with van der Waals surface area (Å²) in [5.74, 6) is 1.27. The second-order valence-electron chi connectivity index (χ2n) is 6.25. The number of carbonyl (C=O) groups is 2. The van der Waals surface area contributed by atoms with Crippen LogP contribution in [-0.4, -0.2) is 67.0 Å². The minimum absolute atomic E-state index is 0.247. The van der Waals surface area contributed by atoms with Crippen LogP contribution in [0.4, 0.5) is 5.82 Å². The van der Waals surface area contributed by atoms with E-state index in [0.717, 1.165) is 17.7 Å². The quantitative estimate of drug-likeness (QED) is 0.724. The highest BCUT2D eigenvalue weighted by Gasteiger charge is 2.17. The number of ether oxygens (including phenoxy) is 1. The summed E-state index contributed by atoms with van der Waals surface area (Å²) in [6.07, 6.45) is 4.66. The smallest absolute Gasteiger partial charge is 0.271 e. The van der Waals surface area contributed by atoms with Crippen LogP contribution < -0.4 is 15.0 Å². The SMILES string of the molecule is COc1cccc(CCNC(=O)c2cnc(N3CCN(C=O)CC3)cn2)c1. The molecule has 2 amide bonds. The molecule has 142 valence electrons. The lowest BCUT2D eigenvalue weighted by atomic mass is 10.1. The first-order chi connectivity index (χ1) is 13.2. The maximum atomic E-state index is 12.2. The molecule has 1 aromatic carbocycles. The number of hydrogen-bond acceptors (Lipinski definition) is 6. The molecule has 0 radical (unpaired) electrons. The summed E-state index contributed by atoms with van der Waals surface area (Å²) >= 11 is 0. The highest BCUT2D eigenvalue weighted by Crippen LogP contribution is 2.13. The number of nitrogens with zero attached hydrogens (tertiary/aromatic N) is 4. The zero-order valence-corrected chi connectivity index (χ0v) is 15.3. The van der Waals surface area contributed by atoms with Crippen LogP contribution in [0.5, 0.6) is 5.75 Å². The molecule has 0 unspecified atom stereocenters. The topological polar surface area (TPSA) is 87.7 Å². The van der Waals surface area contributed by atoms with E-state index < -0.39 is 0 Å². The Labute approximate surface area is 158 Å². The van der Waals surface area contributed by atoms with Crippen LogP contribution in [0.25, 0.3) is 0 Å². The fourth-order valence-electron chi connectivity index (χ4n) is 2.90. The summed E-state index contributed by atoms with van der Waals surface area (Å²) < 4.78 is 5.20. The fraction of sp³-hybridized carbons (Fsp3) is 0.368. The molecule has 2 heterocycles. The zero-order valence-electron chi connectivity index (χ0n) is 15.3. The van der Waals surface area contributed by atoms with E-state index in [1.165, 1.54) is 6.20 Å². The highest BCUT2D eigenvalue weighted by molar-refractivity contribution is 5.92. The molecule has 2 aromatic rings. The molecule has 0 aliphatic carbocycles. The zero-order chi connectivity index (χ0) is 19.1. The normalized spacial score (nSPS) is 14.0. The highest BCUT2D eigenvalue weighted by atomic mass is 16.5. The van der Waals surface area contributed by atoms with E-state index in [1.807, 2.05) is 24.3 Å². The van der Waals surface area contributed by atoms with Crippen LogP contribution in [0.3, 0.4) is 0 Å². The Balaban J connectivity index is 1.49. The summed E-state index contributed by atoms with van der Waals surface area (Å²) in [7, 11) is 1.63. The molecular weight excluding hydrogens is 346 g/mol. The Bertz CT molecular complexity index is 773. The molecule has 1 aromatic heterocycles. The van der Waals surface area contributed by atoms with E-state index in [9.17, 15) is 9.59 Å². The Morgan fingerprint density at radius 2 is 2.04 bits per heavy atom. The first kappa shape index (κ1) is 18.6. The van der Waals surface area contributed by atoms with E-state index in [4.69, 9.17) is 4.74 Å². The standard InChI is InChI=1S/C19H23N5O3/c1-27-16-4-2-3-15(11-16)5-6-20-19(26)17-12-22-18(13-21-17)24-9-7-23(14-25)8-10-24/h2-4,11-14H,5-10H2,1H3,(H,20,26). The van der Waals surface area contributed by atoms with Crippen molar-refractivity contribution in [2.24, 2.45) is 0 Å². The Morgan fingerprint density at radius 3 is 2.70 bits per heavy atom. The van der Waals surface area contributed by atoms with Crippen molar-refractivity contribution >= 4 is 18.1 Å². The van der Waals surface area contributed by atoms with Crippen molar-refractivity contribution in [3.63, 3.8) is 0 Å². The summed E-state index contributed by atoms with van der Waals surface area (Å²) in [6.45, 7) is 3.25. The number of carbonyl (C=O) groups excluding carboxylic acids is 2. The lowest BCUT2D eigenvalue weighted by molar-refractivity contribution is -0.118. The van der Waals surface area contributed by atoms with Gasteiger partial charge in [-0.15, -0.1) is 0 Å². The molecule has 8 nitrogen and oxygen atoms in total. The van der Waals surface area contributed by atoms with Crippen molar-refractivity contribution in [1.29, 1.82) is 0 Å². The van der Waals surface area contributed by atoms with Crippen LogP contribution >= 0.6 is 0 Å². The van der Waals surface area contributed by atoms with Gasteiger partial charge in [-0.1, -0.05) is 12.1 Å². The summed E-state index contributed by atoms with van der Waals surface area (Å²) in [5.41, 5.74) is 1.38. The van der Waals surface area contributed by atoms with E-state index in [1.54, 1.807) is 18.2 Å². The van der Waals surface area contributed by atoms with Crippen molar-refractivity contribution in [1.82, 2.24) is 20.2 Å². The van der Waals surface area contributed by atoms with Gasteiger partial charge in [0.05, 0.1) is 19.5 Å². The monoisotopic (exact) mass is 369 g/mol. The van der Waals surface area contributed by atoms with Gasteiger partial charge < -0.3 is 19.9 Å². The molecule has 1 aliphatic rings. The average molecular weight is 369 g/mol. The number of methoxy groups -OCH3 is 1. The first-order valence-corrected chi connectivity index (χ1v) is 8.87. The third-order valence-electron chi connectivity index (χ3n) is 4.49. The number of benzene rings is 1. The molecule has 27 heavy (non-hydrogen) atoms. The minimum Gasteiger partial charge on any atom is -0.497 e. The number of hydrogen-bond donors (Lipinski definition) is 1. The summed E-state index contributed by atoms with van der Waals surface area (Å²) in [6, 6.07) is 7.76. The van der Waals surface area contributed by atoms with Gasteiger partial charge in [0, 0.05) is 32.7 Å². The lowest BCUT2D eigenvalue weighted by Crippen LogP contribution is -2.46. The molecule has 8 heteroatoms. The lowest BCUT2D eigenvalue weighted by Gasteiger charge is -2.33. The maximum Gasteiger partial charge on any atom is 0.271 e. The van der Waals surface area contributed by atoms with Crippen LogP contribution in [0.15, 0.2) is 36.7 Å². The minimum atomic E-state index is -0.247. The van der Waals surface area contributed by atoms with Crippen LogP contribution in [0, 0.1) is 0 Å². The molecule has 0 bridgehead atoms. The van der Waals surface area contributed by atoms with Crippen molar-refractivity contribution in [3.8, 4) is 5.75 Å². The van der Waals surface area contributed by atoms with Gasteiger partial charge in [0.15, 0.2) is 0 Å². The third-order valence-corrected chi connectivity index (χ3v) is 4.49. The molecule has 0 atom stereocenters. The van der Waals surface area contributed by atoms with Crippen LogP contribution in [0.1, 0.15) is 16.1 Å². The van der Waals surface area contributed by atoms with Gasteiger partial charge in [-0.25, -0.2) is 9.97 Å². The number of amides is 2. The molecule has 1 aliphatic heterocycles. The fourth-order valence-corrected chi connectivity index (χ4v) is 2.90. The maximum absolute atomic E-state index is 12.2. The Hall–Kier alpha value is -3.16. The van der Waals surface area contributed by atoms with Gasteiger partial charge >= 0.3 is 0 Å². The van der Waals surface area contributed by atoms with E-state index in [2.05, 4.69) is 20.2 Å². The van der Waals surface area contributed by atoms with E-state index in [-0.39, 0.29) is 11.6 Å². The Kier molecular flexibility index (Phi) is 6.19. The largest absolute Gasteiger partial charge is 0.497 e. The molecule has 1 saturated heterocycles. The van der Waals surface area contributed by atoms with Gasteiger partial charge in [0.2, 0.25) is 6.41 Å². The second-order valence-corrected chi connectivity index (χ2v) is 6.25. The second kappa shape index (κ2) is 8.98. The number of aromatic nitrogens is 2.